The van der Waals surface area contributed by atoms with Gasteiger partial charge < -0.3 is 9.84 Å². The van der Waals surface area contributed by atoms with Crippen molar-refractivity contribution in [3.8, 4) is 5.75 Å². The van der Waals surface area contributed by atoms with E-state index in [1.165, 1.54) is 0 Å². The van der Waals surface area contributed by atoms with Crippen molar-refractivity contribution in [1.82, 2.24) is 0 Å². The fraction of sp³-hybridized carbons (Fsp3) is 0.188. The lowest BCUT2D eigenvalue weighted by atomic mass is 9.96. The average Bonchev–Trinajstić information content (AvgIpc) is 2.42. The Hall–Kier alpha value is -2.00. The summed E-state index contributed by atoms with van der Waals surface area (Å²) >= 11 is 5.99. The van der Waals surface area contributed by atoms with Crippen molar-refractivity contribution in [2.45, 2.75) is 12.8 Å². The molecule has 0 heterocycles. The lowest BCUT2D eigenvalue weighted by molar-refractivity contribution is -0.139. The van der Waals surface area contributed by atoms with Crippen LogP contribution in [0.25, 0.3) is 0 Å². The minimum atomic E-state index is -0.911. The molecule has 0 spiro atoms. The molecule has 0 radical (unpaired) electrons. The van der Waals surface area contributed by atoms with Crippen LogP contribution in [0.4, 0.5) is 0 Å². The van der Waals surface area contributed by atoms with Gasteiger partial charge >= 0.3 is 5.97 Å². The van der Waals surface area contributed by atoms with Crippen LogP contribution in [0, 0.1) is 6.92 Å². The highest BCUT2D eigenvalue weighted by atomic mass is 35.5. The number of rotatable bonds is 5. The van der Waals surface area contributed by atoms with Crippen LogP contribution < -0.4 is 4.74 Å². The first-order valence-corrected chi connectivity index (χ1v) is 6.63. The van der Waals surface area contributed by atoms with Crippen LogP contribution in [0.5, 0.6) is 5.75 Å². The summed E-state index contributed by atoms with van der Waals surface area (Å²) in [5.41, 5.74) is 1.69. The Labute approximate surface area is 122 Å². The zero-order chi connectivity index (χ0) is 14.5. The molecule has 0 saturated carbocycles. The molecule has 2 aromatic rings. The standard InChI is InChI=1S/C16H15ClO3/c1-11-6-2-3-7-12(11)13(16(18)19)10-20-15-9-5-4-8-14(15)17/h2-9,13H,10H2,1H3,(H,18,19). The average molecular weight is 291 g/mol. The van der Waals surface area contributed by atoms with E-state index in [2.05, 4.69) is 0 Å². The van der Waals surface area contributed by atoms with Gasteiger partial charge in [0.15, 0.2) is 0 Å². The molecule has 0 aliphatic heterocycles. The van der Waals surface area contributed by atoms with Gasteiger partial charge in [0.2, 0.25) is 0 Å². The zero-order valence-corrected chi connectivity index (χ0v) is 11.8. The first-order valence-electron chi connectivity index (χ1n) is 6.25. The lowest BCUT2D eigenvalue weighted by Gasteiger charge is -2.16. The highest BCUT2D eigenvalue weighted by Gasteiger charge is 2.22. The summed E-state index contributed by atoms with van der Waals surface area (Å²) in [5.74, 6) is -1.13. The Balaban J connectivity index is 2.18. The van der Waals surface area contributed by atoms with E-state index in [0.717, 1.165) is 11.1 Å². The quantitative estimate of drug-likeness (QED) is 0.908. The predicted octanol–water partition coefficient (Wildman–Crippen LogP) is 3.90. The van der Waals surface area contributed by atoms with Crippen LogP contribution in [-0.4, -0.2) is 17.7 Å². The zero-order valence-electron chi connectivity index (χ0n) is 11.0. The summed E-state index contributed by atoms with van der Waals surface area (Å²) in [6.45, 7) is 1.94. The topological polar surface area (TPSA) is 46.5 Å². The van der Waals surface area contributed by atoms with E-state index in [9.17, 15) is 9.90 Å². The van der Waals surface area contributed by atoms with Crippen LogP contribution in [-0.2, 0) is 4.79 Å². The maximum absolute atomic E-state index is 11.4. The van der Waals surface area contributed by atoms with Gasteiger partial charge in [0, 0.05) is 0 Å². The maximum atomic E-state index is 11.4. The van der Waals surface area contributed by atoms with E-state index in [0.29, 0.717) is 10.8 Å². The van der Waals surface area contributed by atoms with Gasteiger partial charge in [-0.05, 0) is 30.2 Å². The monoisotopic (exact) mass is 290 g/mol. The Kier molecular flexibility index (Phi) is 4.64. The number of aryl methyl sites for hydroxylation is 1. The van der Waals surface area contributed by atoms with Crippen molar-refractivity contribution in [2.75, 3.05) is 6.61 Å². The summed E-state index contributed by atoms with van der Waals surface area (Å²) < 4.78 is 5.56. The number of carboxylic acid groups (broad SMARTS) is 1. The maximum Gasteiger partial charge on any atom is 0.314 e. The highest BCUT2D eigenvalue weighted by Crippen LogP contribution is 2.26. The van der Waals surface area contributed by atoms with Crippen molar-refractivity contribution in [3.05, 3.63) is 64.7 Å². The molecule has 1 atom stereocenters. The number of halogens is 1. The number of hydrogen-bond acceptors (Lipinski definition) is 2. The van der Waals surface area contributed by atoms with Gasteiger partial charge in [-0.1, -0.05) is 48.0 Å². The fourth-order valence-corrected chi connectivity index (χ4v) is 2.20. The van der Waals surface area contributed by atoms with Crippen molar-refractivity contribution in [3.63, 3.8) is 0 Å². The summed E-state index contributed by atoms with van der Waals surface area (Å²) in [6, 6.07) is 14.4. The predicted molar refractivity (Wildman–Crippen MR) is 78.5 cm³/mol. The number of aliphatic carboxylic acids is 1. The van der Waals surface area contributed by atoms with E-state index in [-0.39, 0.29) is 6.61 Å². The Morgan fingerprint density at radius 1 is 1.20 bits per heavy atom. The molecule has 3 nitrogen and oxygen atoms in total. The molecule has 1 N–H and O–H groups in total. The van der Waals surface area contributed by atoms with E-state index in [1.54, 1.807) is 24.3 Å². The third-order valence-corrected chi connectivity index (χ3v) is 3.42. The van der Waals surface area contributed by atoms with Gasteiger partial charge in [-0.3, -0.25) is 4.79 Å². The molecule has 2 aromatic carbocycles. The largest absolute Gasteiger partial charge is 0.491 e. The van der Waals surface area contributed by atoms with E-state index in [4.69, 9.17) is 16.3 Å². The second-order valence-electron chi connectivity index (χ2n) is 4.49. The third kappa shape index (κ3) is 3.31. The first kappa shape index (κ1) is 14.4. The normalized spacial score (nSPS) is 11.9. The molecule has 0 fully saturated rings. The molecular weight excluding hydrogens is 276 g/mol. The molecule has 0 aliphatic carbocycles. The van der Waals surface area contributed by atoms with Gasteiger partial charge in [0.05, 0.1) is 5.02 Å². The van der Waals surface area contributed by atoms with Gasteiger partial charge in [-0.2, -0.15) is 0 Å². The molecule has 0 aliphatic rings. The number of carboxylic acids is 1. The van der Waals surface area contributed by atoms with Crippen molar-refractivity contribution in [2.24, 2.45) is 0 Å². The Morgan fingerprint density at radius 3 is 2.50 bits per heavy atom. The van der Waals surface area contributed by atoms with Gasteiger partial charge in [0.1, 0.15) is 18.3 Å². The van der Waals surface area contributed by atoms with E-state index in [1.807, 2.05) is 31.2 Å². The van der Waals surface area contributed by atoms with Gasteiger partial charge in [-0.15, -0.1) is 0 Å². The second-order valence-corrected chi connectivity index (χ2v) is 4.90. The molecule has 4 heteroatoms. The fourth-order valence-electron chi connectivity index (χ4n) is 2.01. The molecule has 20 heavy (non-hydrogen) atoms. The molecule has 0 bridgehead atoms. The van der Waals surface area contributed by atoms with Crippen LogP contribution >= 0.6 is 11.6 Å². The number of para-hydroxylation sites is 1. The summed E-state index contributed by atoms with van der Waals surface area (Å²) in [5, 5.41) is 9.86. The molecule has 0 aromatic heterocycles. The van der Waals surface area contributed by atoms with Gasteiger partial charge in [0.25, 0.3) is 0 Å². The summed E-state index contributed by atoms with van der Waals surface area (Å²) in [4.78, 5) is 11.4. The van der Waals surface area contributed by atoms with Crippen LogP contribution in [0.15, 0.2) is 48.5 Å². The number of hydrogen-bond donors (Lipinski definition) is 1. The smallest absolute Gasteiger partial charge is 0.314 e. The number of benzene rings is 2. The Morgan fingerprint density at radius 2 is 1.85 bits per heavy atom. The third-order valence-electron chi connectivity index (χ3n) is 3.10. The van der Waals surface area contributed by atoms with E-state index < -0.39 is 11.9 Å². The molecule has 2 rings (SSSR count). The molecule has 1 unspecified atom stereocenters. The number of ether oxygens (including phenoxy) is 1. The van der Waals surface area contributed by atoms with Crippen LogP contribution in [0.2, 0.25) is 5.02 Å². The molecule has 104 valence electrons. The van der Waals surface area contributed by atoms with Crippen molar-refractivity contribution in [1.29, 1.82) is 0 Å². The molecular formula is C16H15ClO3. The van der Waals surface area contributed by atoms with Crippen molar-refractivity contribution >= 4 is 17.6 Å². The summed E-state index contributed by atoms with van der Waals surface area (Å²) in [6.07, 6.45) is 0. The Bertz CT molecular complexity index is 610. The minimum Gasteiger partial charge on any atom is -0.491 e. The van der Waals surface area contributed by atoms with Gasteiger partial charge in [-0.25, -0.2) is 0 Å². The van der Waals surface area contributed by atoms with E-state index >= 15 is 0 Å². The first-order chi connectivity index (χ1) is 9.59. The summed E-state index contributed by atoms with van der Waals surface area (Å²) in [7, 11) is 0. The van der Waals surface area contributed by atoms with Crippen LogP contribution in [0.3, 0.4) is 0 Å². The lowest BCUT2D eigenvalue weighted by Crippen LogP contribution is -2.20. The number of carbonyl (C=O) groups is 1. The van der Waals surface area contributed by atoms with Crippen LogP contribution in [0.1, 0.15) is 17.0 Å². The van der Waals surface area contributed by atoms with Crippen molar-refractivity contribution < 1.29 is 14.6 Å². The minimum absolute atomic E-state index is 0.0456. The SMILES string of the molecule is Cc1ccccc1C(COc1ccccc1Cl)C(=O)O. The highest BCUT2D eigenvalue weighted by molar-refractivity contribution is 6.32. The molecule has 0 amide bonds. The second kappa shape index (κ2) is 6.44. The molecule has 0 saturated heterocycles.